The van der Waals surface area contributed by atoms with Gasteiger partial charge >= 0.3 is 0 Å². The molecule has 82 valence electrons. The molecule has 2 unspecified atom stereocenters. The number of rotatable bonds is 1. The van der Waals surface area contributed by atoms with Crippen molar-refractivity contribution in [2.45, 2.75) is 26.0 Å². The summed E-state index contributed by atoms with van der Waals surface area (Å²) in [5.74, 6) is -0.0913. The van der Waals surface area contributed by atoms with Crippen molar-refractivity contribution in [1.82, 2.24) is 20.3 Å². The van der Waals surface area contributed by atoms with Crippen molar-refractivity contribution in [2.75, 3.05) is 13.2 Å². The van der Waals surface area contributed by atoms with Gasteiger partial charge in [-0.25, -0.2) is 0 Å². The molecule has 0 aromatic carbocycles. The number of hydrogen-bond acceptors (Lipinski definition) is 4. The van der Waals surface area contributed by atoms with Crippen LogP contribution >= 0.6 is 0 Å². The number of carbonyl (C=O) groups is 1. The molecule has 0 radical (unpaired) electrons. The highest BCUT2D eigenvalue weighted by atomic mass is 16.5. The van der Waals surface area contributed by atoms with E-state index in [-0.39, 0.29) is 18.1 Å². The van der Waals surface area contributed by atoms with E-state index in [1.165, 1.54) is 6.20 Å². The Morgan fingerprint density at radius 1 is 1.67 bits per heavy atom. The second-order valence-electron chi connectivity index (χ2n) is 3.81. The van der Waals surface area contributed by atoms with Crippen LogP contribution in [0.3, 0.4) is 0 Å². The number of H-pyrrole nitrogens is 1. The lowest BCUT2D eigenvalue weighted by Gasteiger charge is -2.36. The van der Waals surface area contributed by atoms with Crippen LogP contribution in [0.5, 0.6) is 0 Å². The second-order valence-corrected chi connectivity index (χ2v) is 3.81. The van der Waals surface area contributed by atoms with E-state index in [4.69, 9.17) is 4.74 Å². The summed E-state index contributed by atoms with van der Waals surface area (Å²) in [5, 5.41) is 9.85. The van der Waals surface area contributed by atoms with Crippen molar-refractivity contribution in [2.24, 2.45) is 0 Å². The maximum atomic E-state index is 12.0. The van der Waals surface area contributed by atoms with Crippen LogP contribution in [-0.4, -0.2) is 51.5 Å². The van der Waals surface area contributed by atoms with Gasteiger partial charge in [0, 0.05) is 6.54 Å². The minimum absolute atomic E-state index is 0.0806. The SMILES string of the molecule is CC1CN(C(=O)c2cn[nH]n2)C(C)CO1. The normalized spacial score (nSPS) is 26.7. The molecule has 6 heteroatoms. The standard InChI is InChI=1S/C9H14N4O2/c1-6-5-15-7(2)4-13(6)9(14)8-3-10-12-11-8/h3,6-7H,4-5H2,1-2H3,(H,10,11,12). The average Bonchev–Trinajstić information content (AvgIpc) is 2.74. The summed E-state index contributed by atoms with van der Waals surface area (Å²) < 4.78 is 5.45. The van der Waals surface area contributed by atoms with E-state index in [2.05, 4.69) is 15.4 Å². The number of hydrogen-bond donors (Lipinski definition) is 1. The largest absolute Gasteiger partial charge is 0.375 e. The van der Waals surface area contributed by atoms with Crippen molar-refractivity contribution in [1.29, 1.82) is 0 Å². The van der Waals surface area contributed by atoms with Crippen LogP contribution in [0.1, 0.15) is 24.3 Å². The zero-order valence-electron chi connectivity index (χ0n) is 8.80. The van der Waals surface area contributed by atoms with E-state index in [1.807, 2.05) is 13.8 Å². The van der Waals surface area contributed by atoms with E-state index in [1.54, 1.807) is 4.90 Å². The van der Waals surface area contributed by atoms with Gasteiger partial charge in [-0.2, -0.15) is 15.4 Å². The van der Waals surface area contributed by atoms with Crippen molar-refractivity contribution in [3.63, 3.8) is 0 Å². The number of amides is 1. The minimum atomic E-state index is -0.0913. The summed E-state index contributed by atoms with van der Waals surface area (Å²) in [6, 6.07) is 0.0883. The number of ether oxygens (including phenoxy) is 1. The number of aromatic nitrogens is 3. The van der Waals surface area contributed by atoms with Gasteiger partial charge in [0.05, 0.1) is 24.9 Å². The van der Waals surface area contributed by atoms with Crippen LogP contribution < -0.4 is 0 Å². The van der Waals surface area contributed by atoms with E-state index >= 15 is 0 Å². The van der Waals surface area contributed by atoms with Gasteiger partial charge in [0.1, 0.15) is 0 Å². The quantitative estimate of drug-likeness (QED) is 0.711. The lowest BCUT2D eigenvalue weighted by Crippen LogP contribution is -2.50. The van der Waals surface area contributed by atoms with Gasteiger partial charge in [0.2, 0.25) is 0 Å². The third-order valence-corrected chi connectivity index (χ3v) is 2.50. The molecule has 0 spiro atoms. The number of nitrogens with zero attached hydrogens (tertiary/aromatic N) is 3. The second kappa shape index (κ2) is 3.98. The Hall–Kier alpha value is -1.43. The molecule has 6 nitrogen and oxygen atoms in total. The molecule has 1 fully saturated rings. The Labute approximate surface area is 87.6 Å². The third kappa shape index (κ3) is 1.99. The van der Waals surface area contributed by atoms with Crippen molar-refractivity contribution >= 4 is 5.91 Å². The van der Waals surface area contributed by atoms with E-state index < -0.39 is 0 Å². The first kappa shape index (κ1) is 10.1. The summed E-state index contributed by atoms with van der Waals surface area (Å²) in [7, 11) is 0. The zero-order chi connectivity index (χ0) is 10.8. The lowest BCUT2D eigenvalue weighted by molar-refractivity contribution is -0.0389. The number of morpholine rings is 1. The van der Waals surface area contributed by atoms with Crippen LogP contribution in [-0.2, 0) is 4.74 Å². The highest BCUT2D eigenvalue weighted by molar-refractivity contribution is 5.92. The van der Waals surface area contributed by atoms with Gasteiger partial charge in [-0.1, -0.05) is 0 Å². The maximum absolute atomic E-state index is 12.0. The smallest absolute Gasteiger partial charge is 0.276 e. The van der Waals surface area contributed by atoms with Crippen LogP contribution in [0.25, 0.3) is 0 Å². The van der Waals surface area contributed by atoms with Crippen molar-refractivity contribution in [3.8, 4) is 0 Å². The van der Waals surface area contributed by atoms with Gasteiger partial charge in [-0.3, -0.25) is 4.79 Å². The molecule has 1 aromatic heterocycles. The van der Waals surface area contributed by atoms with E-state index in [9.17, 15) is 4.79 Å². The molecule has 2 rings (SSSR count). The van der Waals surface area contributed by atoms with Crippen molar-refractivity contribution in [3.05, 3.63) is 11.9 Å². The highest BCUT2D eigenvalue weighted by Gasteiger charge is 2.29. The van der Waals surface area contributed by atoms with E-state index in [0.29, 0.717) is 18.8 Å². The topological polar surface area (TPSA) is 71.1 Å². The predicted molar refractivity (Wildman–Crippen MR) is 52.3 cm³/mol. The molecule has 1 aliphatic heterocycles. The minimum Gasteiger partial charge on any atom is -0.375 e. The number of nitrogens with one attached hydrogen (secondary N) is 1. The zero-order valence-corrected chi connectivity index (χ0v) is 8.80. The fraction of sp³-hybridized carbons (Fsp3) is 0.667. The van der Waals surface area contributed by atoms with Gasteiger partial charge in [-0.05, 0) is 13.8 Å². The Morgan fingerprint density at radius 3 is 3.13 bits per heavy atom. The first-order valence-electron chi connectivity index (χ1n) is 4.97. The van der Waals surface area contributed by atoms with Gasteiger partial charge < -0.3 is 9.64 Å². The fourth-order valence-electron chi connectivity index (χ4n) is 1.64. The molecule has 1 aromatic rings. The molecule has 15 heavy (non-hydrogen) atoms. The number of aromatic amines is 1. The number of carbonyl (C=O) groups excluding carboxylic acids is 1. The van der Waals surface area contributed by atoms with Crippen LogP contribution in [0, 0.1) is 0 Å². The summed E-state index contributed by atoms with van der Waals surface area (Å²) in [6.07, 6.45) is 1.52. The van der Waals surface area contributed by atoms with Crippen LogP contribution in [0.2, 0.25) is 0 Å². The lowest BCUT2D eigenvalue weighted by atomic mass is 10.2. The summed E-state index contributed by atoms with van der Waals surface area (Å²) in [6.45, 7) is 5.09. The Kier molecular flexibility index (Phi) is 2.68. The van der Waals surface area contributed by atoms with Gasteiger partial charge in [0.25, 0.3) is 5.91 Å². The van der Waals surface area contributed by atoms with E-state index in [0.717, 1.165) is 0 Å². The predicted octanol–water partition coefficient (Wildman–Crippen LogP) is 0.0541. The molecule has 0 bridgehead atoms. The van der Waals surface area contributed by atoms with Gasteiger partial charge in [0.15, 0.2) is 5.69 Å². The third-order valence-electron chi connectivity index (χ3n) is 2.50. The fourth-order valence-corrected chi connectivity index (χ4v) is 1.64. The summed E-state index contributed by atoms with van der Waals surface area (Å²) in [4.78, 5) is 13.7. The molecule has 0 saturated carbocycles. The Bertz CT molecular complexity index is 338. The molecule has 1 aliphatic rings. The highest BCUT2D eigenvalue weighted by Crippen LogP contribution is 2.13. The average molecular weight is 210 g/mol. The molecule has 1 N–H and O–H groups in total. The molecule has 1 amide bonds. The maximum Gasteiger partial charge on any atom is 0.276 e. The van der Waals surface area contributed by atoms with Gasteiger partial charge in [-0.15, -0.1) is 0 Å². The monoisotopic (exact) mass is 210 g/mol. The summed E-state index contributed by atoms with van der Waals surface area (Å²) >= 11 is 0. The molecule has 2 atom stereocenters. The molecular weight excluding hydrogens is 196 g/mol. The molecule has 0 aliphatic carbocycles. The first-order chi connectivity index (χ1) is 7.18. The Morgan fingerprint density at radius 2 is 2.47 bits per heavy atom. The Balaban J connectivity index is 2.12. The first-order valence-corrected chi connectivity index (χ1v) is 4.97. The molecule has 2 heterocycles. The molecule has 1 saturated heterocycles. The van der Waals surface area contributed by atoms with Crippen LogP contribution in [0.15, 0.2) is 6.20 Å². The molecular formula is C9H14N4O2. The van der Waals surface area contributed by atoms with Crippen LogP contribution in [0.4, 0.5) is 0 Å². The summed E-state index contributed by atoms with van der Waals surface area (Å²) in [5.41, 5.74) is 0.357. The van der Waals surface area contributed by atoms with Crippen molar-refractivity contribution < 1.29 is 9.53 Å².